The van der Waals surface area contributed by atoms with E-state index in [1.54, 1.807) is 18.2 Å². The Labute approximate surface area is 118 Å². The molecule has 6 nitrogen and oxygen atoms in total. The van der Waals surface area contributed by atoms with Gasteiger partial charge in [0.25, 0.3) is 0 Å². The highest BCUT2D eigenvalue weighted by Crippen LogP contribution is 2.27. The van der Waals surface area contributed by atoms with Crippen LogP contribution in [0.2, 0.25) is 0 Å². The number of ether oxygens (including phenoxy) is 1. The number of phenolic OH excluding ortho intramolecular Hbond substituents is 1. The standard InChI is InChI=1S/C14H20N2O4/c1-2-20-13-7-10(3-4-12(13)17)9-16-6-5-15-8-11(16)14(18)19/h3-4,7,11,15,17H,2,5-6,8-9H2,1H3,(H,18,19). The quantitative estimate of drug-likeness (QED) is 0.734. The Hall–Kier alpha value is -1.79. The fraction of sp³-hybridized carbons (Fsp3) is 0.500. The molecule has 1 saturated heterocycles. The second kappa shape index (κ2) is 6.58. The Bertz CT molecular complexity index is 478. The molecule has 0 bridgehead atoms. The zero-order chi connectivity index (χ0) is 14.5. The van der Waals surface area contributed by atoms with Crippen LogP contribution in [-0.4, -0.2) is 53.4 Å². The van der Waals surface area contributed by atoms with Crippen molar-refractivity contribution in [1.82, 2.24) is 10.2 Å². The van der Waals surface area contributed by atoms with E-state index in [1.807, 2.05) is 11.8 Å². The van der Waals surface area contributed by atoms with Crippen LogP contribution < -0.4 is 10.1 Å². The molecule has 1 atom stereocenters. The smallest absolute Gasteiger partial charge is 0.322 e. The second-order valence-electron chi connectivity index (χ2n) is 4.76. The number of rotatable bonds is 5. The summed E-state index contributed by atoms with van der Waals surface area (Å²) in [4.78, 5) is 13.1. The van der Waals surface area contributed by atoms with Gasteiger partial charge in [0.1, 0.15) is 6.04 Å². The number of aromatic hydroxyl groups is 1. The van der Waals surface area contributed by atoms with Gasteiger partial charge in [0, 0.05) is 26.2 Å². The molecule has 1 unspecified atom stereocenters. The van der Waals surface area contributed by atoms with E-state index in [9.17, 15) is 15.0 Å². The highest BCUT2D eigenvalue weighted by molar-refractivity contribution is 5.74. The second-order valence-corrected chi connectivity index (χ2v) is 4.76. The molecule has 6 heteroatoms. The number of hydrogen-bond acceptors (Lipinski definition) is 5. The molecular formula is C14H20N2O4. The van der Waals surface area contributed by atoms with Gasteiger partial charge in [0.2, 0.25) is 0 Å². The van der Waals surface area contributed by atoms with Gasteiger partial charge >= 0.3 is 5.97 Å². The number of carboxylic acids is 1. The lowest BCUT2D eigenvalue weighted by molar-refractivity contribution is -0.144. The molecule has 1 aliphatic heterocycles. The Morgan fingerprint density at radius 2 is 2.35 bits per heavy atom. The van der Waals surface area contributed by atoms with Crippen molar-refractivity contribution >= 4 is 5.97 Å². The summed E-state index contributed by atoms with van der Waals surface area (Å²) in [5, 5.41) is 22.0. The molecule has 1 aromatic rings. The molecule has 110 valence electrons. The van der Waals surface area contributed by atoms with E-state index < -0.39 is 12.0 Å². The van der Waals surface area contributed by atoms with Crippen molar-refractivity contribution in [3.8, 4) is 11.5 Å². The van der Waals surface area contributed by atoms with Crippen LogP contribution >= 0.6 is 0 Å². The first-order valence-electron chi connectivity index (χ1n) is 6.74. The van der Waals surface area contributed by atoms with Gasteiger partial charge in [-0.2, -0.15) is 0 Å². The minimum atomic E-state index is -0.819. The van der Waals surface area contributed by atoms with Crippen molar-refractivity contribution in [3.63, 3.8) is 0 Å². The summed E-state index contributed by atoms with van der Waals surface area (Å²) < 4.78 is 5.34. The molecular weight excluding hydrogens is 260 g/mol. The molecule has 0 amide bonds. The van der Waals surface area contributed by atoms with Gasteiger partial charge < -0.3 is 20.3 Å². The van der Waals surface area contributed by atoms with E-state index in [0.717, 1.165) is 12.1 Å². The zero-order valence-corrected chi connectivity index (χ0v) is 11.5. The average Bonchev–Trinajstić information content (AvgIpc) is 2.43. The van der Waals surface area contributed by atoms with Crippen molar-refractivity contribution in [3.05, 3.63) is 23.8 Å². The predicted octanol–water partition coefficient (Wildman–Crippen LogP) is 0.649. The highest BCUT2D eigenvalue weighted by Gasteiger charge is 2.28. The summed E-state index contributed by atoms with van der Waals surface area (Å²) >= 11 is 0. The number of nitrogens with one attached hydrogen (secondary N) is 1. The first-order chi connectivity index (χ1) is 9.61. The van der Waals surface area contributed by atoms with Crippen molar-refractivity contribution in [2.45, 2.75) is 19.5 Å². The lowest BCUT2D eigenvalue weighted by Gasteiger charge is -2.33. The zero-order valence-electron chi connectivity index (χ0n) is 11.5. The van der Waals surface area contributed by atoms with E-state index >= 15 is 0 Å². The number of piperazine rings is 1. The molecule has 2 rings (SSSR count). The Kier molecular flexibility index (Phi) is 4.81. The Morgan fingerprint density at radius 1 is 1.55 bits per heavy atom. The van der Waals surface area contributed by atoms with Crippen molar-refractivity contribution in [2.75, 3.05) is 26.2 Å². The van der Waals surface area contributed by atoms with Crippen LogP contribution in [0.1, 0.15) is 12.5 Å². The lowest BCUT2D eigenvalue weighted by Crippen LogP contribution is -2.54. The number of carbonyl (C=O) groups is 1. The van der Waals surface area contributed by atoms with E-state index in [0.29, 0.717) is 32.0 Å². The molecule has 0 aromatic heterocycles. The van der Waals surface area contributed by atoms with Crippen LogP contribution in [0.25, 0.3) is 0 Å². The normalized spacial score (nSPS) is 19.8. The van der Waals surface area contributed by atoms with E-state index in [4.69, 9.17) is 4.74 Å². The van der Waals surface area contributed by atoms with Crippen molar-refractivity contribution in [2.24, 2.45) is 0 Å². The SMILES string of the molecule is CCOc1cc(CN2CCNCC2C(=O)O)ccc1O. The summed E-state index contributed by atoms with van der Waals surface area (Å²) in [6.45, 7) is 4.76. The Balaban J connectivity index is 2.11. The molecule has 0 radical (unpaired) electrons. The number of carboxylic acid groups (broad SMARTS) is 1. The monoisotopic (exact) mass is 280 g/mol. The van der Waals surface area contributed by atoms with Gasteiger partial charge in [-0.05, 0) is 24.6 Å². The summed E-state index contributed by atoms with van der Waals surface area (Å²) in [7, 11) is 0. The van der Waals surface area contributed by atoms with E-state index in [2.05, 4.69) is 5.32 Å². The van der Waals surface area contributed by atoms with Crippen molar-refractivity contribution < 1.29 is 19.7 Å². The van der Waals surface area contributed by atoms with Crippen LogP contribution in [0, 0.1) is 0 Å². The summed E-state index contributed by atoms with van der Waals surface area (Å²) in [6, 6.07) is 4.62. The number of phenols is 1. The molecule has 20 heavy (non-hydrogen) atoms. The first-order valence-corrected chi connectivity index (χ1v) is 6.74. The van der Waals surface area contributed by atoms with E-state index in [1.165, 1.54) is 0 Å². The number of hydrogen-bond donors (Lipinski definition) is 3. The minimum Gasteiger partial charge on any atom is -0.504 e. The molecule has 3 N–H and O–H groups in total. The molecule has 1 aromatic carbocycles. The summed E-state index contributed by atoms with van der Waals surface area (Å²) in [5.41, 5.74) is 0.930. The number of aliphatic carboxylic acids is 1. The minimum absolute atomic E-state index is 0.102. The average molecular weight is 280 g/mol. The highest BCUT2D eigenvalue weighted by atomic mass is 16.5. The van der Waals surface area contributed by atoms with Gasteiger partial charge in [-0.1, -0.05) is 6.07 Å². The lowest BCUT2D eigenvalue weighted by atomic mass is 10.1. The van der Waals surface area contributed by atoms with Crippen LogP contribution in [0.3, 0.4) is 0 Å². The molecule has 1 fully saturated rings. The van der Waals surface area contributed by atoms with Gasteiger partial charge in [0.05, 0.1) is 6.61 Å². The number of nitrogens with zero attached hydrogens (tertiary/aromatic N) is 1. The van der Waals surface area contributed by atoms with Gasteiger partial charge in [-0.25, -0.2) is 0 Å². The number of benzene rings is 1. The van der Waals surface area contributed by atoms with E-state index in [-0.39, 0.29) is 5.75 Å². The van der Waals surface area contributed by atoms with Gasteiger partial charge in [0.15, 0.2) is 11.5 Å². The maximum absolute atomic E-state index is 11.2. The maximum atomic E-state index is 11.2. The fourth-order valence-electron chi connectivity index (χ4n) is 2.34. The fourth-order valence-corrected chi connectivity index (χ4v) is 2.34. The molecule has 0 spiro atoms. The third kappa shape index (κ3) is 3.40. The van der Waals surface area contributed by atoms with Crippen LogP contribution in [-0.2, 0) is 11.3 Å². The van der Waals surface area contributed by atoms with Crippen LogP contribution in [0.15, 0.2) is 18.2 Å². The van der Waals surface area contributed by atoms with Crippen LogP contribution in [0.4, 0.5) is 0 Å². The maximum Gasteiger partial charge on any atom is 0.322 e. The molecule has 1 aliphatic rings. The van der Waals surface area contributed by atoms with Gasteiger partial charge in [-0.15, -0.1) is 0 Å². The summed E-state index contributed by atoms with van der Waals surface area (Å²) in [6.07, 6.45) is 0. The molecule has 0 aliphatic carbocycles. The predicted molar refractivity (Wildman–Crippen MR) is 74.0 cm³/mol. The third-order valence-electron chi connectivity index (χ3n) is 3.35. The largest absolute Gasteiger partial charge is 0.504 e. The molecule has 1 heterocycles. The third-order valence-corrected chi connectivity index (χ3v) is 3.35. The van der Waals surface area contributed by atoms with Crippen LogP contribution in [0.5, 0.6) is 11.5 Å². The summed E-state index contributed by atoms with van der Waals surface area (Å²) in [5.74, 6) is -0.279. The van der Waals surface area contributed by atoms with Crippen molar-refractivity contribution in [1.29, 1.82) is 0 Å². The topological polar surface area (TPSA) is 82.0 Å². The van der Waals surface area contributed by atoms with Gasteiger partial charge in [-0.3, -0.25) is 9.69 Å². The first kappa shape index (κ1) is 14.6. The molecule has 0 saturated carbocycles. The Morgan fingerprint density at radius 3 is 3.05 bits per heavy atom.